The van der Waals surface area contributed by atoms with Crippen LogP contribution in [-0.2, 0) is 16.6 Å². The Morgan fingerprint density at radius 2 is 1.62 bits per heavy atom. The highest BCUT2D eigenvalue weighted by atomic mass is 35.5. The molecule has 4 aromatic carbocycles. The van der Waals surface area contributed by atoms with Gasteiger partial charge in [-0.15, -0.1) is 0 Å². The molecule has 11 heteroatoms. The van der Waals surface area contributed by atoms with Crippen LogP contribution in [0.15, 0.2) is 94.9 Å². The van der Waals surface area contributed by atoms with Crippen molar-refractivity contribution in [3.63, 3.8) is 0 Å². The van der Waals surface area contributed by atoms with Crippen molar-refractivity contribution in [3.8, 4) is 5.75 Å². The van der Waals surface area contributed by atoms with Gasteiger partial charge in [0.25, 0.3) is 15.9 Å². The van der Waals surface area contributed by atoms with Crippen molar-refractivity contribution in [2.45, 2.75) is 18.4 Å². The van der Waals surface area contributed by atoms with Crippen LogP contribution in [-0.4, -0.2) is 25.6 Å². The second-order valence-corrected chi connectivity index (χ2v) is 11.6. The third-order valence-electron chi connectivity index (χ3n) is 5.69. The number of carbonyl (C=O) groups excluding carboxylic acids is 1. The molecule has 4 rings (SSSR count). The van der Waals surface area contributed by atoms with Gasteiger partial charge in [0, 0.05) is 15.6 Å². The summed E-state index contributed by atoms with van der Waals surface area (Å²) in [6.45, 7) is 1.80. The van der Waals surface area contributed by atoms with Crippen LogP contribution in [0, 0.1) is 6.92 Å². The van der Waals surface area contributed by atoms with Gasteiger partial charge in [-0.1, -0.05) is 76.8 Å². The molecule has 0 bridgehead atoms. The van der Waals surface area contributed by atoms with Crippen molar-refractivity contribution in [1.82, 2.24) is 5.43 Å². The highest BCUT2D eigenvalue weighted by Gasteiger charge is 2.28. The maximum absolute atomic E-state index is 13.9. The van der Waals surface area contributed by atoms with Gasteiger partial charge in [-0.2, -0.15) is 5.10 Å². The third-order valence-corrected chi connectivity index (χ3v) is 8.23. The van der Waals surface area contributed by atoms with Gasteiger partial charge in [0.05, 0.1) is 33.9 Å². The lowest BCUT2D eigenvalue weighted by Gasteiger charge is -2.26. The topological polar surface area (TPSA) is 99.1 Å². The normalized spacial score (nSPS) is 11.5. The quantitative estimate of drug-likeness (QED) is 0.171. The molecule has 0 aliphatic carbocycles. The Labute approximate surface area is 241 Å². The number of halogens is 3. The molecule has 0 saturated heterocycles. The SMILES string of the molecule is Cc1ccc(S(=O)(=O)N(Cc2ccc(Cl)cc2)c2ccccc2C(=O)N/N=C\c2cc(Cl)cc(Cl)c2O)cc1. The molecule has 0 radical (unpaired) electrons. The summed E-state index contributed by atoms with van der Waals surface area (Å²) in [6, 6.07) is 22.3. The highest BCUT2D eigenvalue weighted by molar-refractivity contribution is 7.92. The number of nitrogens with zero attached hydrogens (tertiary/aromatic N) is 2. The maximum atomic E-state index is 13.9. The summed E-state index contributed by atoms with van der Waals surface area (Å²) >= 11 is 17.9. The summed E-state index contributed by atoms with van der Waals surface area (Å²) in [5, 5.41) is 14.8. The fraction of sp³-hybridized carbons (Fsp3) is 0.0714. The second kappa shape index (κ2) is 12.1. The zero-order valence-electron chi connectivity index (χ0n) is 20.5. The van der Waals surface area contributed by atoms with Crippen LogP contribution in [0.4, 0.5) is 5.69 Å². The van der Waals surface area contributed by atoms with Crippen LogP contribution in [0.2, 0.25) is 15.1 Å². The number of hydrazone groups is 1. The Hall–Kier alpha value is -3.56. The van der Waals surface area contributed by atoms with Crippen LogP contribution in [0.25, 0.3) is 0 Å². The van der Waals surface area contributed by atoms with E-state index in [2.05, 4.69) is 10.5 Å². The Morgan fingerprint density at radius 1 is 0.949 bits per heavy atom. The number of aryl methyl sites for hydroxylation is 1. The Kier molecular flexibility index (Phi) is 8.82. The first-order valence-corrected chi connectivity index (χ1v) is 14.1. The molecule has 0 atom stereocenters. The number of nitrogens with one attached hydrogen (secondary N) is 1. The number of sulfonamides is 1. The van der Waals surface area contributed by atoms with Crippen LogP contribution in [0.1, 0.15) is 27.0 Å². The van der Waals surface area contributed by atoms with Gasteiger partial charge in [-0.25, -0.2) is 13.8 Å². The Morgan fingerprint density at radius 3 is 2.31 bits per heavy atom. The van der Waals surface area contributed by atoms with Crippen LogP contribution >= 0.6 is 34.8 Å². The average molecular weight is 603 g/mol. The molecule has 200 valence electrons. The number of carbonyl (C=O) groups is 1. The van der Waals surface area contributed by atoms with Crippen molar-refractivity contribution in [2.24, 2.45) is 5.10 Å². The zero-order valence-corrected chi connectivity index (χ0v) is 23.6. The van der Waals surface area contributed by atoms with E-state index in [9.17, 15) is 18.3 Å². The largest absolute Gasteiger partial charge is 0.506 e. The number of hydrogen-bond donors (Lipinski definition) is 2. The number of phenols is 1. The van der Waals surface area contributed by atoms with E-state index in [1.165, 1.54) is 40.9 Å². The monoisotopic (exact) mass is 601 g/mol. The molecule has 0 spiro atoms. The summed E-state index contributed by atoms with van der Waals surface area (Å²) in [7, 11) is -4.09. The smallest absolute Gasteiger partial charge is 0.273 e. The number of benzene rings is 4. The fourth-order valence-electron chi connectivity index (χ4n) is 3.68. The van der Waals surface area contributed by atoms with Gasteiger partial charge in [-0.05, 0) is 61.0 Å². The summed E-state index contributed by atoms with van der Waals surface area (Å²) in [5.41, 5.74) is 4.34. The van der Waals surface area contributed by atoms with E-state index in [1.54, 1.807) is 54.6 Å². The predicted octanol–water partition coefficient (Wildman–Crippen LogP) is 6.82. The van der Waals surface area contributed by atoms with Gasteiger partial charge < -0.3 is 5.11 Å². The van der Waals surface area contributed by atoms with Crippen LogP contribution in [0.5, 0.6) is 5.75 Å². The van der Waals surface area contributed by atoms with Gasteiger partial charge in [-0.3, -0.25) is 9.10 Å². The Bertz CT molecular complexity index is 1640. The highest BCUT2D eigenvalue weighted by Crippen LogP contribution is 2.31. The third kappa shape index (κ3) is 6.72. The summed E-state index contributed by atoms with van der Waals surface area (Å²) < 4.78 is 28.9. The lowest BCUT2D eigenvalue weighted by Crippen LogP contribution is -2.33. The molecular weight excluding hydrogens is 581 g/mol. The van der Waals surface area contributed by atoms with E-state index in [0.717, 1.165) is 5.56 Å². The summed E-state index contributed by atoms with van der Waals surface area (Å²) in [5.74, 6) is -0.924. The lowest BCUT2D eigenvalue weighted by atomic mass is 10.1. The van der Waals surface area contributed by atoms with Crippen LogP contribution < -0.4 is 9.73 Å². The minimum Gasteiger partial charge on any atom is -0.506 e. The van der Waals surface area contributed by atoms with Crippen LogP contribution in [0.3, 0.4) is 0 Å². The first-order chi connectivity index (χ1) is 18.6. The molecule has 0 fully saturated rings. The second-order valence-electron chi connectivity index (χ2n) is 8.49. The molecule has 0 aromatic heterocycles. The van der Waals surface area contributed by atoms with E-state index in [4.69, 9.17) is 34.8 Å². The van der Waals surface area contributed by atoms with Gasteiger partial charge in [0.1, 0.15) is 5.75 Å². The first kappa shape index (κ1) is 28.4. The molecular formula is C28H22Cl3N3O4S. The number of phenolic OH excluding ortho intramolecular Hbond substituents is 1. The Balaban J connectivity index is 1.72. The van der Waals surface area contributed by atoms with E-state index in [-0.39, 0.29) is 44.0 Å². The van der Waals surface area contributed by atoms with Crippen molar-refractivity contribution in [1.29, 1.82) is 0 Å². The molecule has 0 unspecified atom stereocenters. The van der Waals surface area contributed by atoms with Gasteiger partial charge in [0.2, 0.25) is 0 Å². The number of rotatable bonds is 8. The predicted molar refractivity (Wildman–Crippen MR) is 156 cm³/mol. The van der Waals surface area contributed by atoms with E-state index >= 15 is 0 Å². The molecule has 0 aliphatic heterocycles. The number of aromatic hydroxyl groups is 1. The molecule has 0 saturated carbocycles. The van der Waals surface area contributed by atoms with Crippen molar-refractivity contribution < 1.29 is 18.3 Å². The van der Waals surface area contributed by atoms with Crippen molar-refractivity contribution in [2.75, 3.05) is 4.31 Å². The number of para-hydroxylation sites is 1. The summed E-state index contributed by atoms with van der Waals surface area (Å²) in [6.07, 6.45) is 1.18. The van der Waals surface area contributed by atoms with Crippen molar-refractivity contribution >= 4 is 62.6 Å². The minimum atomic E-state index is -4.09. The van der Waals surface area contributed by atoms with E-state index in [1.807, 2.05) is 6.92 Å². The number of amides is 1. The summed E-state index contributed by atoms with van der Waals surface area (Å²) in [4.78, 5) is 13.3. The molecule has 4 aromatic rings. The fourth-order valence-corrected chi connectivity index (χ4v) is 5.79. The lowest BCUT2D eigenvalue weighted by molar-refractivity contribution is 0.0955. The standard InChI is InChI=1S/C28H22Cl3N3O4S/c1-18-6-12-23(13-7-18)39(37,38)34(17-19-8-10-21(29)11-9-19)26-5-3-2-4-24(26)28(36)33-32-16-20-14-22(30)15-25(31)27(20)35/h2-16,35H,17H2,1H3,(H,33,36)/b32-16-. The first-order valence-electron chi connectivity index (χ1n) is 11.5. The number of hydrogen-bond acceptors (Lipinski definition) is 5. The molecule has 0 heterocycles. The van der Waals surface area contributed by atoms with E-state index in [0.29, 0.717) is 10.6 Å². The minimum absolute atomic E-state index is 0.0276. The molecule has 2 N–H and O–H groups in total. The maximum Gasteiger partial charge on any atom is 0.273 e. The van der Waals surface area contributed by atoms with Gasteiger partial charge >= 0.3 is 0 Å². The van der Waals surface area contributed by atoms with Crippen molar-refractivity contribution in [3.05, 3.63) is 122 Å². The molecule has 1 amide bonds. The number of anilines is 1. The zero-order chi connectivity index (χ0) is 28.2. The van der Waals surface area contributed by atoms with Gasteiger partial charge in [0.15, 0.2) is 0 Å². The average Bonchev–Trinajstić information content (AvgIpc) is 2.91. The molecule has 0 aliphatic rings. The van der Waals surface area contributed by atoms with E-state index < -0.39 is 15.9 Å². The molecule has 39 heavy (non-hydrogen) atoms. The molecule has 7 nitrogen and oxygen atoms in total.